The second-order valence-corrected chi connectivity index (χ2v) is 4.93. The van der Waals surface area contributed by atoms with Gasteiger partial charge in [-0.15, -0.1) is 0 Å². The zero-order chi connectivity index (χ0) is 17.0. The zero-order valence-corrected chi connectivity index (χ0v) is 12.2. The Bertz CT molecular complexity index is 747. The minimum Gasteiger partial charge on any atom is -0.267 e. The Morgan fingerprint density at radius 2 is 1.39 bits per heavy atom. The number of amides is 2. The third-order valence-corrected chi connectivity index (χ3v) is 3.06. The molecule has 0 aliphatic rings. The summed E-state index contributed by atoms with van der Waals surface area (Å²) in [7, 11) is 0. The highest BCUT2D eigenvalue weighted by molar-refractivity contribution is 6.30. The molecule has 0 spiro atoms. The number of rotatable bonds is 2. The lowest BCUT2D eigenvalue weighted by Crippen LogP contribution is -2.41. The summed E-state index contributed by atoms with van der Waals surface area (Å²) in [6, 6.07) is 9.82. The monoisotopic (exact) mass is 342 g/mol. The largest absolute Gasteiger partial charge is 0.416 e. The van der Waals surface area contributed by atoms with Crippen molar-refractivity contribution in [1.82, 2.24) is 10.9 Å². The SMILES string of the molecule is O=C(NNC(=O)c1cccc(C(F)(F)F)c1)c1cccc(Cl)c1. The molecule has 0 radical (unpaired) electrons. The van der Waals surface area contributed by atoms with Gasteiger partial charge in [0.05, 0.1) is 5.56 Å². The van der Waals surface area contributed by atoms with E-state index >= 15 is 0 Å². The fraction of sp³-hybridized carbons (Fsp3) is 0.0667. The molecule has 2 amide bonds. The van der Waals surface area contributed by atoms with Crippen LogP contribution in [0.5, 0.6) is 0 Å². The summed E-state index contributed by atoms with van der Waals surface area (Å²) in [6.45, 7) is 0. The first-order valence-electron chi connectivity index (χ1n) is 6.31. The second kappa shape index (κ2) is 6.70. The average Bonchev–Trinajstić information content (AvgIpc) is 2.51. The van der Waals surface area contributed by atoms with Gasteiger partial charge >= 0.3 is 6.18 Å². The van der Waals surface area contributed by atoms with Gasteiger partial charge in [0.25, 0.3) is 11.8 Å². The van der Waals surface area contributed by atoms with Crippen molar-refractivity contribution in [3.8, 4) is 0 Å². The molecule has 0 fully saturated rings. The number of halogens is 4. The van der Waals surface area contributed by atoms with Crippen LogP contribution in [0.4, 0.5) is 13.2 Å². The molecule has 0 aliphatic carbocycles. The summed E-state index contributed by atoms with van der Waals surface area (Å²) in [6.07, 6.45) is -4.56. The molecule has 0 heterocycles. The van der Waals surface area contributed by atoms with Gasteiger partial charge in [-0.2, -0.15) is 13.2 Å². The van der Waals surface area contributed by atoms with E-state index in [1.54, 1.807) is 12.1 Å². The normalized spacial score (nSPS) is 11.0. The minimum absolute atomic E-state index is 0.196. The third kappa shape index (κ3) is 4.46. The van der Waals surface area contributed by atoms with Gasteiger partial charge in [0, 0.05) is 16.1 Å². The predicted octanol–water partition coefficient (Wildman–Crippen LogP) is 3.43. The number of benzene rings is 2. The van der Waals surface area contributed by atoms with Crippen LogP contribution in [0.1, 0.15) is 26.3 Å². The van der Waals surface area contributed by atoms with Crippen molar-refractivity contribution in [2.75, 3.05) is 0 Å². The Balaban J connectivity index is 2.04. The van der Waals surface area contributed by atoms with Crippen LogP contribution in [0.15, 0.2) is 48.5 Å². The summed E-state index contributed by atoms with van der Waals surface area (Å²) >= 11 is 5.73. The smallest absolute Gasteiger partial charge is 0.267 e. The lowest BCUT2D eigenvalue weighted by molar-refractivity contribution is -0.137. The first kappa shape index (κ1) is 16.8. The van der Waals surface area contributed by atoms with Crippen molar-refractivity contribution >= 4 is 23.4 Å². The molecule has 0 aliphatic heterocycles. The van der Waals surface area contributed by atoms with Crippen molar-refractivity contribution in [3.05, 3.63) is 70.2 Å². The van der Waals surface area contributed by atoms with E-state index in [1.165, 1.54) is 18.2 Å². The van der Waals surface area contributed by atoms with E-state index in [4.69, 9.17) is 11.6 Å². The van der Waals surface area contributed by atoms with E-state index in [2.05, 4.69) is 5.43 Å². The Labute approximate surface area is 134 Å². The van der Waals surface area contributed by atoms with Crippen LogP contribution in [-0.4, -0.2) is 11.8 Å². The summed E-state index contributed by atoms with van der Waals surface area (Å²) in [5, 5.41) is 0.335. The highest BCUT2D eigenvalue weighted by Crippen LogP contribution is 2.29. The van der Waals surface area contributed by atoms with E-state index in [9.17, 15) is 22.8 Å². The van der Waals surface area contributed by atoms with Gasteiger partial charge in [-0.1, -0.05) is 23.7 Å². The van der Waals surface area contributed by atoms with E-state index in [-0.39, 0.29) is 11.1 Å². The fourth-order valence-corrected chi connectivity index (χ4v) is 1.91. The van der Waals surface area contributed by atoms with E-state index in [0.717, 1.165) is 12.1 Å². The lowest BCUT2D eigenvalue weighted by Gasteiger charge is -2.10. The van der Waals surface area contributed by atoms with Crippen LogP contribution < -0.4 is 10.9 Å². The molecule has 0 atom stereocenters. The Kier molecular flexibility index (Phi) is 4.90. The van der Waals surface area contributed by atoms with E-state index < -0.39 is 23.6 Å². The van der Waals surface area contributed by atoms with Crippen LogP contribution in [0.2, 0.25) is 5.02 Å². The maximum absolute atomic E-state index is 12.6. The molecular formula is C15H10ClF3N2O2. The molecule has 23 heavy (non-hydrogen) atoms. The summed E-state index contributed by atoms with van der Waals surface area (Å²) in [4.78, 5) is 23.6. The number of hydrazine groups is 1. The Hall–Kier alpha value is -2.54. The van der Waals surface area contributed by atoms with Crippen molar-refractivity contribution in [1.29, 1.82) is 0 Å². The number of hydrogen-bond donors (Lipinski definition) is 2. The van der Waals surface area contributed by atoms with Crippen LogP contribution in [0.3, 0.4) is 0 Å². The van der Waals surface area contributed by atoms with Gasteiger partial charge in [-0.3, -0.25) is 20.4 Å². The molecule has 0 unspecified atom stereocenters. The van der Waals surface area contributed by atoms with Gasteiger partial charge < -0.3 is 0 Å². The number of carbonyl (C=O) groups excluding carboxylic acids is 2. The fourth-order valence-electron chi connectivity index (χ4n) is 1.72. The van der Waals surface area contributed by atoms with Crippen LogP contribution in [0.25, 0.3) is 0 Å². The highest BCUT2D eigenvalue weighted by Gasteiger charge is 2.30. The first-order valence-corrected chi connectivity index (χ1v) is 6.68. The average molecular weight is 343 g/mol. The molecule has 0 bridgehead atoms. The number of carbonyl (C=O) groups is 2. The number of hydrogen-bond acceptors (Lipinski definition) is 2. The third-order valence-electron chi connectivity index (χ3n) is 2.83. The maximum atomic E-state index is 12.6. The quantitative estimate of drug-likeness (QED) is 0.821. The lowest BCUT2D eigenvalue weighted by atomic mass is 10.1. The topological polar surface area (TPSA) is 58.2 Å². The molecular weight excluding hydrogens is 333 g/mol. The molecule has 0 aromatic heterocycles. The summed E-state index contributed by atoms with van der Waals surface area (Å²) in [5.41, 5.74) is 3.16. The molecule has 0 saturated heterocycles. The number of alkyl halides is 3. The van der Waals surface area contributed by atoms with Crippen LogP contribution in [-0.2, 0) is 6.18 Å². The second-order valence-electron chi connectivity index (χ2n) is 4.50. The molecule has 2 aromatic rings. The molecule has 4 nitrogen and oxygen atoms in total. The summed E-state index contributed by atoms with van der Waals surface area (Å²) in [5.74, 6) is -1.51. The molecule has 0 saturated carbocycles. The standard InChI is InChI=1S/C15H10ClF3N2O2/c16-12-6-2-4-10(8-12)14(23)21-20-13(22)9-3-1-5-11(7-9)15(17,18)19/h1-8H,(H,20,22)(H,21,23). The zero-order valence-electron chi connectivity index (χ0n) is 11.4. The first-order chi connectivity index (χ1) is 10.8. The van der Waals surface area contributed by atoms with E-state index in [0.29, 0.717) is 11.1 Å². The Morgan fingerprint density at radius 3 is 1.91 bits per heavy atom. The van der Waals surface area contributed by atoms with Gasteiger partial charge in [-0.05, 0) is 36.4 Å². The molecule has 8 heteroatoms. The Morgan fingerprint density at radius 1 is 0.870 bits per heavy atom. The number of nitrogens with one attached hydrogen (secondary N) is 2. The molecule has 2 N–H and O–H groups in total. The van der Waals surface area contributed by atoms with Gasteiger partial charge in [0.15, 0.2) is 0 Å². The van der Waals surface area contributed by atoms with Gasteiger partial charge in [-0.25, -0.2) is 0 Å². The molecule has 120 valence electrons. The van der Waals surface area contributed by atoms with Crippen molar-refractivity contribution in [3.63, 3.8) is 0 Å². The van der Waals surface area contributed by atoms with E-state index in [1.807, 2.05) is 5.43 Å². The van der Waals surface area contributed by atoms with Crippen molar-refractivity contribution in [2.24, 2.45) is 0 Å². The molecule has 2 aromatic carbocycles. The van der Waals surface area contributed by atoms with Crippen molar-refractivity contribution < 1.29 is 22.8 Å². The maximum Gasteiger partial charge on any atom is 0.416 e. The highest BCUT2D eigenvalue weighted by atomic mass is 35.5. The van der Waals surface area contributed by atoms with Gasteiger partial charge in [0.2, 0.25) is 0 Å². The predicted molar refractivity (Wildman–Crippen MR) is 77.8 cm³/mol. The van der Waals surface area contributed by atoms with Crippen LogP contribution in [0, 0.1) is 0 Å². The van der Waals surface area contributed by atoms with Crippen LogP contribution >= 0.6 is 11.6 Å². The van der Waals surface area contributed by atoms with Crippen molar-refractivity contribution in [2.45, 2.75) is 6.18 Å². The summed E-state index contributed by atoms with van der Waals surface area (Å²) < 4.78 is 37.8. The van der Waals surface area contributed by atoms with Gasteiger partial charge in [0.1, 0.15) is 0 Å². The molecule has 2 rings (SSSR count). The minimum atomic E-state index is -4.56.